The van der Waals surface area contributed by atoms with E-state index in [2.05, 4.69) is 42.0 Å². The summed E-state index contributed by atoms with van der Waals surface area (Å²) in [6.45, 7) is 5.08. The van der Waals surface area contributed by atoms with Crippen molar-refractivity contribution in [1.82, 2.24) is 9.80 Å². The monoisotopic (exact) mass is 412 g/mol. The molecule has 30 heavy (non-hydrogen) atoms. The van der Waals surface area contributed by atoms with Gasteiger partial charge in [0.05, 0.1) is 13.7 Å². The van der Waals surface area contributed by atoms with Gasteiger partial charge in [0.15, 0.2) is 0 Å². The van der Waals surface area contributed by atoms with Gasteiger partial charge in [0.2, 0.25) is 0 Å². The Morgan fingerprint density at radius 2 is 1.97 bits per heavy atom. The zero-order chi connectivity index (χ0) is 21.3. The minimum absolute atomic E-state index is 0.00271. The molecule has 2 bridgehead atoms. The van der Waals surface area contributed by atoms with Crippen LogP contribution in [-0.4, -0.2) is 67.4 Å². The molecule has 0 amide bonds. The van der Waals surface area contributed by atoms with Crippen LogP contribution in [0.3, 0.4) is 0 Å². The second-order valence-corrected chi connectivity index (χ2v) is 9.02. The van der Waals surface area contributed by atoms with Crippen molar-refractivity contribution in [2.45, 2.75) is 43.7 Å². The van der Waals surface area contributed by atoms with Crippen molar-refractivity contribution in [3.05, 3.63) is 65.0 Å². The molecule has 2 aromatic rings. The number of hydrogen-bond donors (Lipinski definition) is 1. The molecule has 0 spiro atoms. The molecule has 1 aliphatic carbocycles. The summed E-state index contributed by atoms with van der Waals surface area (Å²) in [6, 6.07) is 14.0. The summed E-state index contributed by atoms with van der Waals surface area (Å²) in [5, 5.41) is 9.87. The lowest BCUT2D eigenvalue weighted by atomic mass is 9.61. The molecule has 2 aliphatic rings. The van der Waals surface area contributed by atoms with Crippen LogP contribution < -0.4 is 4.74 Å². The number of hydrogen-bond acceptors (Lipinski definition) is 4. The molecule has 162 valence electrons. The number of aliphatic hydroxyl groups is 1. The highest BCUT2D eigenvalue weighted by Crippen LogP contribution is 2.47. The minimum atomic E-state index is -0.201. The Balaban J connectivity index is 1.67. The number of halogens is 1. The molecular weight excluding hydrogens is 379 g/mol. The van der Waals surface area contributed by atoms with Crippen LogP contribution in [0.1, 0.15) is 30.0 Å². The Hall–Kier alpha value is -1.95. The summed E-state index contributed by atoms with van der Waals surface area (Å²) in [7, 11) is 3.95. The third-order valence-corrected chi connectivity index (χ3v) is 7.31. The van der Waals surface area contributed by atoms with E-state index in [0.29, 0.717) is 18.6 Å². The van der Waals surface area contributed by atoms with E-state index in [1.807, 2.05) is 12.1 Å². The maximum Gasteiger partial charge on any atom is 0.123 e. The van der Waals surface area contributed by atoms with Crippen molar-refractivity contribution < 1.29 is 14.2 Å². The van der Waals surface area contributed by atoms with Crippen LogP contribution in [0.2, 0.25) is 0 Å². The van der Waals surface area contributed by atoms with Gasteiger partial charge in [-0.1, -0.05) is 25.1 Å². The van der Waals surface area contributed by atoms with E-state index in [1.165, 1.54) is 23.3 Å². The summed E-state index contributed by atoms with van der Waals surface area (Å²) in [5.41, 5.74) is 3.92. The number of ether oxygens (including phenoxy) is 1. The highest BCUT2D eigenvalue weighted by atomic mass is 19.1. The summed E-state index contributed by atoms with van der Waals surface area (Å²) in [6.07, 6.45) is 2.92. The molecule has 4 nitrogen and oxygen atoms in total. The van der Waals surface area contributed by atoms with E-state index in [0.717, 1.165) is 43.7 Å². The highest BCUT2D eigenvalue weighted by molar-refractivity contribution is 5.46. The number of likely N-dealkylation sites (N-methyl/N-ethyl adjacent to an activating group) is 1. The summed E-state index contributed by atoms with van der Waals surface area (Å²) < 4.78 is 18.8. The van der Waals surface area contributed by atoms with E-state index in [-0.39, 0.29) is 17.8 Å². The lowest BCUT2D eigenvalue weighted by Gasteiger charge is -2.58. The van der Waals surface area contributed by atoms with Gasteiger partial charge in [-0.15, -0.1) is 0 Å². The van der Waals surface area contributed by atoms with Crippen molar-refractivity contribution in [3.63, 3.8) is 0 Å². The molecule has 3 atom stereocenters. The number of likely N-dealkylation sites (tertiary alicyclic amines) is 1. The Labute approximate surface area is 179 Å². The van der Waals surface area contributed by atoms with Crippen molar-refractivity contribution in [3.8, 4) is 5.75 Å². The van der Waals surface area contributed by atoms with Crippen LogP contribution >= 0.6 is 0 Å². The Morgan fingerprint density at radius 3 is 2.67 bits per heavy atom. The molecule has 1 aliphatic heterocycles. The zero-order valence-corrected chi connectivity index (χ0v) is 18.3. The fourth-order valence-corrected chi connectivity index (χ4v) is 5.66. The third-order valence-electron chi connectivity index (χ3n) is 7.31. The first-order valence-electron chi connectivity index (χ1n) is 10.9. The maximum absolute atomic E-state index is 13.3. The lowest BCUT2D eigenvalue weighted by Crippen LogP contribution is -2.67. The fraction of sp³-hybridized carbons (Fsp3) is 0.520. The Bertz CT molecular complexity index is 872. The highest BCUT2D eigenvalue weighted by Gasteiger charge is 2.52. The second-order valence-electron chi connectivity index (χ2n) is 9.02. The standard InChI is InChI=1S/C25H33FN2O2/c1-25-11-13-27(2)23(16-19-6-9-21(30-3)17-22(19)25)24(25)28(14-15-29)12-10-18-4-7-20(26)8-5-18/h4-9,17,23-24,29H,10-16H2,1-3H3/t23-,24-,25-/m1/s1. The first-order valence-corrected chi connectivity index (χ1v) is 10.9. The Morgan fingerprint density at radius 1 is 1.20 bits per heavy atom. The van der Waals surface area contributed by atoms with Gasteiger partial charge in [0, 0.05) is 30.6 Å². The summed E-state index contributed by atoms with van der Waals surface area (Å²) in [5.74, 6) is 0.707. The summed E-state index contributed by atoms with van der Waals surface area (Å²) in [4.78, 5) is 4.95. The largest absolute Gasteiger partial charge is 0.497 e. The molecule has 1 fully saturated rings. The smallest absolute Gasteiger partial charge is 0.123 e. The van der Waals surface area contributed by atoms with Gasteiger partial charge in [-0.2, -0.15) is 0 Å². The van der Waals surface area contributed by atoms with Crippen LogP contribution in [0, 0.1) is 5.82 Å². The van der Waals surface area contributed by atoms with Crippen LogP contribution in [-0.2, 0) is 18.3 Å². The third kappa shape index (κ3) is 3.86. The molecule has 1 N–H and O–H groups in total. The lowest BCUT2D eigenvalue weighted by molar-refractivity contribution is -0.0149. The molecule has 0 unspecified atom stereocenters. The van der Waals surface area contributed by atoms with Crippen LogP contribution in [0.15, 0.2) is 42.5 Å². The number of benzene rings is 2. The summed E-state index contributed by atoms with van der Waals surface area (Å²) >= 11 is 0. The molecule has 2 aromatic carbocycles. The van der Waals surface area contributed by atoms with Gasteiger partial charge >= 0.3 is 0 Å². The maximum atomic E-state index is 13.3. The van der Waals surface area contributed by atoms with Gasteiger partial charge in [0.25, 0.3) is 0 Å². The van der Waals surface area contributed by atoms with Crippen molar-refractivity contribution in [1.29, 1.82) is 0 Å². The van der Waals surface area contributed by atoms with E-state index in [9.17, 15) is 9.50 Å². The predicted molar refractivity (Wildman–Crippen MR) is 118 cm³/mol. The van der Waals surface area contributed by atoms with Gasteiger partial charge < -0.3 is 14.7 Å². The SMILES string of the molecule is COc1ccc2c(c1)[C@@]1(C)CCN(C)[C@H](C2)[C@H]1N(CCO)CCc1ccc(F)cc1. The number of piperidine rings is 1. The average Bonchev–Trinajstić information content (AvgIpc) is 2.75. The minimum Gasteiger partial charge on any atom is -0.497 e. The van der Waals surface area contributed by atoms with Gasteiger partial charge in [-0.25, -0.2) is 4.39 Å². The predicted octanol–water partition coefficient (Wildman–Crippen LogP) is 3.26. The van der Waals surface area contributed by atoms with Gasteiger partial charge in [0.1, 0.15) is 11.6 Å². The number of fused-ring (bicyclic) bond motifs is 4. The molecule has 0 radical (unpaired) electrons. The molecule has 0 saturated carbocycles. The normalized spacial score (nSPS) is 25.9. The van der Waals surface area contributed by atoms with Gasteiger partial charge in [-0.3, -0.25) is 4.90 Å². The van der Waals surface area contributed by atoms with E-state index < -0.39 is 0 Å². The molecule has 1 saturated heterocycles. The van der Waals surface area contributed by atoms with E-state index >= 15 is 0 Å². The zero-order valence-electron chi connectivity index (χ0n) is 18.3. The quantitative estimate of drug-likeness (QED) is 0.757. The van der Waals surface area contributed by atoms with Gasteiger partial charge in [-0.05, 0) is 73.8 Å². The molecule has 4 rings (SSSR count). The van der Waals surface area contributed by atoms with Crippen LogP contribution in [0.25, 0.3) is 0 Å². The number of nitrogens with zero attached hydrogens (tertiary/aromatic N) is 2. The number of methoxy groups -OCH3 is 1. The molecule has 0 aromatic heterocycles. The number of aliphatic hydroxyl groups excluding tert-OH is 1. The Kier molecular flexibility index (Phi) is 6.14. The van der Waals surface area contributed by atoms with Crippen LogP contribution in [0.5, 0.6) is 5.75 Å². The average molecular weight is 413 g/mol. The molecule has 5 heteroatoms. The van der Waals surface area contributed by atoms with Crippen LogP contribution in [0.4, 0.5) is 4.39 Å². The fourth-order valence-electron chi connectivity index (χ4n) is 5.66. The molecule has 1 heterocycles. The van der Waals surface area contributed by atoms with E-state index in [1.54, 1.807) is 7.11 Å². The van der Waals surface area contributed by atoms with Crippen molar-refractivity contribution in [2.75, 3.05) is 40.4 Å². The first kappa shape index (κ1) is 21.3. The van der Waals surface area contributed by atoms with Crippen molar-refractivity contribution >= 4 is 0 Å². The van der Waals surface area contributed by atoms with E-state index in [4.69, 9.17) is 4.74 Å². The molecular formula is C25H33FN2O2. The number of rotatable bonds is 7. The van der Waals surface area contributed by atoms with Crippen molar-refractivity contribution in [2.24, 2.45) is 0 Å². The second kappa shape index (κ2) is 8.66. The topological polar surface area (TPSA) is 35.9 Å². The first-order chi connectivity index (χ1) is 14.5.